The summed E-state index contributed by atoms with van der Waals surface area (Å²) in [5.41, 5.74) is 14.5. The fraction of sp³-hybridized carbons (Fsp3) is 0.465. The molecule has 2 fully saturated rings. The van der Waals surface area contributed by atoms with E-state index >= 15 is 0 Å². The zero-order valence-electron chi connectivity index (χ0n) is 36.2. The average molecular weight is 1050 g/mol. The molecule has 8 heterocycles. The summed E-state index contributed by atoms with van der Waals surface area (Å²) in [7, 11) is 0. The Hall–Kier alpha value is -4.77. The van der Waals surface area contributed by atoms with Crippen molar-refractivity contribution in [3.05, 3.63) is 45.9 Å². The van der Waals surface area contributed by atoms with Gasteiger partial charge in [-0.3, -0.25) is 0 Å². The second-order valence-corrected chi connectivity index (χ2v) is 20.8. The highest BCUT2D eigenvalue weighted by Crippen LogP contribution is 2.45. The molecular weight excluding hydrogens is 1000 g/mol. The van der Waals surface area contributed by atoms with E-state index in [-0.39, 0.29) is 19.7 Å². The number of benzene rings is 2. The number of halogens is 2. The number of nitrogens with one attached hydrogen (secondary N) is 1. The number of anilines is 2. The molecule has 0 radical (unpaired) electrons. The zero-order chi connectivity index (χ0) is 45.2. The average Bonchev–Trinajstić information content (AvgIpc) is 4.09. The molecule has 344 valence electrons. The fourth-order valence-electron chi connectivity index (χ4n) is 8.10. The van der Waals surface area contributed by atoms with Crippen molar-refractivity contribution in [2.75, 3.05) is 51.2 Å². The van der Waals surface area contributed by atoms with Gasteiger partial charge in [0.05, 0.1) is 0 Å². The number of aryl methyl sites for hydroxylation is 2. The second kappa shape index (κ2) is 19.6. The van der Waals surface area contributed by atoms with E-state index in [1.165, 1.54) is 37.3 Å². The molecule has 4 aliphatic heterocycles. The number of nitrogen functional groups attached to an aromatic ring is 2. The predicted molar refractivity (Wildman–Crippen MR) is 254 cm³/mol. The van der Waals surface area contributed by atoms with Crippen LogP contribution in [0.3, 0.4) is 0 Å². The molecule has 22 heteroatoms. The molecule has 1 amide bonds. The Kier molecular flexibility index (Phi) is 13.7. The molecule has 0 saturated carbocycles. The quantitative estimate of drug-likeness (QED) is 0.117. The minimum absolute atomic E-state index is 0.216. The molecule has 0 spiro atoms. The molecule has 0 bridgehead atoms. The summed E-state index contributed by atoms with van der Waals surface area (Å²) < 4.78 is 33.6. The summed E-state index contributed by atoms with van der Waals surface area (Å²) >= 11 is 10.4. The highest BCUT2D eigenvalue weighted by Gasteiger charge is 2.28. The number of amides is 1. The summed E-state index contributed by atoms with van der Waals surface area (Å²) in [6, 6.07) is 7.76. The van der Waals surface area contributed by atoms with E-state index in [4.69, 9.17) is 45.1 Å². The van der Waals surface area contributed by atoms with E-state index in [1.807, 2.05) is 45.0 Å². The van der Waals surface area contributed by atoms with Crippen LogP contribution in [-0.2, 0) is 17.8 Å². The summed E-state index contributed by atoms with van der Waals surface area (Å²) in [4.78, 5) is 42.9. The molecule has 0 unspecified atom stereocenters. The van der Waals surface area contributed by atoms with Crippen LogP contribution in [0.25, 0.3) is 22.3 Å². The molecular formula is C43H50Br2N12O6S2. The molecule has 65 heavy (non-hydrogen) atoms. The summed E-state index contributed by atoms with van der Waals surface area (Å²) in [5.74, 6) is 4.87. The normalized spacial score (nSPS) is 16.3. The van der Waals surface area contributed by atoms with Crippen LogP contribution in [-0.4, -0.2) is 95.4 Å². The topological polar surface area (TPSA) is 218 Å². The van der Waals surface area contributed by atoms with Gasteiger partial charge in [0.2, 0.25) is 13.6 Å². The van der Waals surface area contributed by atoms with Crippen LogP contribution in [0.1, 0.15) is 59.3 Å². The van der Waals surface area contributed by atoms with Gasteiger partial charge in [0.1, 0.15) is 18.3 Å². The summed E-state index contributed by atoms with van der Waals surface area (Å²) in [5, 5.41) is 5.06. The molecule has 2 saturated heterocycles. The van der Waals surface area contributed by atoms with E-state index in [2.05, 4.69) is 66.2 Å². The third kappa shape index (κ3) is 10.5. The molecule has 2 aromatic carbocycles. The Balaban J connectivity index is 0.000000168. The van der Waals surface area contributed by atoms with E-state index in [9.17, 15) is 4.79 Å². The van der Waals surface area contributed by atoms with Crippen LogP contribution in [0, 0.1) is 11.8 Å². The lowest BCUT2D eigenvalue weighted by Crippen LogP contribution is -2.41. The van der Waals surface area contributed by atoms with Gasteiger partial charge >= 0.3 is 6.09 Å². The molecule has 0 aliphatic carbocycles. The van der Waals surface area contributed by atoms with Crippen molar-refractivity contribution in [1.29, 1.82) is 0 Å². The van der Waals surface area contributed by atoms with Crippen LogP contribution in [0.5, 0.6) is 23.0 Å². The van der Waals surface area contributed by atoms with Gasteiger partial charge in [0, 0.05) is 44.9 Å². The fourth-order valence-corrected chi connectivity index (χ4v) is 11.1. The Morgan fingerprint density at radius 1 is 0.723 bits per heavy atom. The number of hydrogen-bond donors (Lipinski definition) is 3. The van der Waals surface area contributed by atoms with E-state index < -0.39 is 5.60 Å². The maximum atomic E-state index is 12.4. The van der Waals surface area contributed by atoms with Gasteiger partial charge in [0.15, 0.2) is 67.3 Å². The minimum atomic E-state index is -0.485. The number of nitrogens with two attached hydrogens (primary N) is 2. The van der Waals surface area contributed by atoms with Gasteiger partial charge in [-0.1, -0.05) is 23.5 Å². The maximum absolute atomic E-state index is 12.4. The Labute approximate surface area is 400 Å². The van der Waals surface area contributed by atoms with Gasteiger partial charge in [0.25, 0.3) is 0 Å². The Morgan fingerprint density at radius 2 is 1.17 bits per heavy atom. The highest BCUT2D eigenvalue weighted by atomic mass is 79.9. The number of carbonyl (C=O) groups excluding carboxylic acids is 1. The smallest absolute Gasteiger partial charge is 0.410 e. The number of piperidine rings is 2. The third-order valence-electron chi connectivity index (χ3n) is 11.6. The minimum Gasteiger partial charge on any atom is -0.454 e. The predicted octanol–water partition coefficient (Wildman–Crippen LogP) is 8.53. The monoisotopic (exact) mass is 1050 g/mol. The molecule has 6 aromatic rings. The number of nitrogens with zero attached hydrogens (tertiary/aromatic N) is 9. The van der Waals surface area contributed by atoms with E-state index in [0.29, 0.717) is 64.7 Å². The van der Waals surface area contributed by atoms with Crippen molar-refractivity contribution in [1.82, 2.24) is 49.3 Å². The largest absolute Gasteiger partial charge is 0.454 e. The molecule has 0 atom stereocenters. The first kappa shape index (κ1) is 45.4. The Morgan fingerprint density at radius 3 is 1.63 bits per heavy atom. The van der Waals surface area contributed by atoms with Crippen LogP contribution >= 0.6 is 55.4 Å². The standard InChI is InChI=1S/C24H29BrN6O4S.C19H21BrN6O2S/c1-24(2,3)35-23(32)30-7-4-14(5-8-30)6-9-31-21-19(20(26)27-12-28-21)29-22(31)36-18-11-17-16(10-15(18)25)33-13-34-17;20-12-7-13-14(28-10-27-13)8-15(12)29-19-25-16-17(21)23-9-24-18(16)26(19)6-3-11-1-4-22-5-2-11/h10-12,14H,4-9,13H2,1-3H3,(H2,26,27,28);7-9,11,22H,1-6,10H2,(H2,21,23,24). The Bertz CT molecular complexity index is 2700. The summed E-state index contributed by atoms with van der Waals surface area (Å²) in [6.07, 6.45) is 9.05. The van der Waals surface area contributed by atoms with Gasteiger partial charge in [-0.15, -0.1) is 0 Å². The van der Waals surface area contributed by atoms with Crippen molar-refractivity contribution in [3.63, 3.8) is 0 Å². The second-order valence-electron chi connectivity index (χ2n) is 17.1. The lowest BCUT2D eigenvalue weighted by molar-refractivity contribution is 0.0179. The van der Waals surface area contributed by atoms with Crippen LogP contribution < -0.4 is 35.7 Å². The van der Waals surface area contributed by atoms with Gasteiger partial charge in [-0.05, 0) is 140 Å². The number of aromatic nitrogens is 8. The van der Waals surface area contributed by atoms with E-state index in [0.717, 1.165) is 98.1 Å². The van der Waals surface area contributed by atoms with Gasteiger partial charge in [-0.2, -0.15) is 0 Å². The van der Waals surface area contributed by atoms with Crippen LogP contribution in [0.2, 0.25) is 0 Å². The zero-order valence-corrected chi connectivity index (χ0v) is 41.0. The highest BCUT2D eigenvalue weighted by molar-refractivity contribution is 9.10. The number of imidazole rings is 2. The number of rotatable bonds is 10. The first-order chi connectivity index (χ1) is 31.4. The molecule has 4 aliphatic rings. The first-order valence-corrected chi connectivity index (χ1v) is 24.7. The number of carbonyl (C=O) groups is 1. The van der Waals surface area contributed by atoms with Gasteiger partial charge in [-0.25, -0.2) is 34.7 Å². The number of hydrogen-bond acceptors (Lipinski definition) is 17. The van der Waals surface area contributed by atoms with Crippen LogP contribution in [0.15, 0.2) is 66.0 Å². The van der Waals surface area contributed by atoms with Crippen LogP contribution in [0.4, 0.5) is 16.4 Å². The number of fused-ring (bicyclic) bond motifs is 4. The molecule has 10 rings (SSSR count). The third-order valence-corrected chi connectivity index (χ3v) is 15.5. The lowest BCUT2D eigenvalue weighted by atomic mass is 9.94. The molecule has 18 nitrogen and oxygen atoms in total. The molecule has 4 aromatic heterocycles. The summed E-state index contributed by atoms with van der Waals surface area (Å²) in [6.45, 7) is 11.3. The van der Waals surface area contributed by atoms with Crippen molar-refractivity contribution in [2.24, 2.45) is 11.8 Å². The van der Waals surface area contributed by atoms with E-state index in [1.54, 1.807) is 16.7 Å². The lowest BCUT2D eigenvalue weighted by Gasteiger charge is -2.33. The number of likely N-dealkylation sites (tertiary alicyclic amines) is 1. The van der Waals surface area contributed by atoms with Crippen molar-refractivity contribution >= 4 is 95.4 Å². The SMILES string of the molecule is CC(C)(C)OC(=O)N1CCC(CCn2c(Sc3cc4c(cc3Br)OCO4)nc3c(N)ncnc32)CC1.Nc1ncnc2c1nc(Sc1cc3c(cc1Br)OCO3)n2CCC1CCNCC1. The van der Waals surface area contributed by atoms with Crippen molar-refractivity contribution < 1.29 is 28.5 Å². The maximum Gasteiger partial charge on any atom is 0.410 e. The molecule has 5 N–H and O–H groups in total. The van der Waals surface area contributed by atoms with Crippen molar-refractivity contribution in [2.45, 2.75) is 98.1 Å². The number of ether oxygens (including phenoxy) is 5. The van der Waals surface area contributed by atoms with Gasteiger partial charge < -0.3 is 54.5 Å². The van der Waals surface area contributed by atoms with Crippen molar-refractivity contribution in [3.8, 4) is 23.0 Å². The first-order valence-electron chi connectivity index (χ1n) is 21.5.